The van der Waals surface area contributed by atoms with Gasteiger partial charge in [0.2, 0.25) is 0 Å². The van der Waals surface area contributed by atoms with Crippen LogP contribution in [0.3, 0.4) is 0 Å². The minimum absolute atomic E-state index is 0.0146. The van der Waals surface area contributed by atoms with Crippen molar-refractivity contribution in [1.82, 2.24) is 0 Å². The van der Waals surface area contributed by atoms with Crippen molar-refractivity contribution in [3.05, 3.63) is 158 Å². The molecule has 0 saturated carbocycles. The summed E-state index contributed by atoms with van der Waals surface area (Å²) in [4.78, 5) is 4.08. The van der Waals surface area contributed by atoms with Gasteiger partial charge in [-0.25, -0.2) is 16.8 Å². The fraction of sp³-hybridized carbons (Fsp3) is 0.286. The standard InChI is InChI=1S/C18H15S.2C10H14I.C4H2F8O6S2/c1-4-10-16(11-5-1)19(17-12-6-2-7-13-17)18-14-8-3-9-15-18;2*1-10(2,3)8-4-6-9(11)7-5-8;5-1(6,3(9,10)19(13,14)15)2(7,8)4(11,12)20(16,17)18/h1-15H;2*4-7,11H,1-3H3;(H,13,14,15)(H,16,17,18)/q3*+1;/p-2. The highest BCUT2D eigenvalue weighted by atomic mass is 127. The van der Waals surface area contributed by atoms with E-state index in [1.54, 1.807) is 0 Å². The van der Waals surface area contributed by atoms with Crippen LogP contribution >= 0.6 is 0 Å². The molecular weight excluding hydrogens is 1100 g/mol. The first-order valence-corrected chi connectivity index (χ1v) is 23.9. The van der Waals surface area contributed by atoms with Crippen molar-refractivity contribution < 1.29 is 106 Å². The molecule has 5 aromatic carbocycles. The first kappa shape index (κ1) is 54.3. The average molecular weight is 1150 g/mol. The number of benzene rings is 5. The fourth-order valence-electron chi connectivity index (χ4n) is 4.67. The van der Waals surface area contributed by atoms with E-state index in [0.717, 1.165) is 0 Å². The van der Waals surface area contributed by atoms with Crippen molar-refractivity contribution in [2.75, 3.05) is 0 Å². The quantitative estimate of drug-likeness (QED) is 0.0998. The normalized spacial score (nSPS) is 12.8. The molecule has 334 valence electrons. The van der Waals surface area contributed by atoms with Crippen molar-refractivity contribution in [3.63, 3.8) is 0 Å². The van der Waals surface area contributed by atoms with Gasteiger partial charge >= 0.3 is 22.4 Å². The molecule has 0 unspecified atom stereocenters. The highest BCUT2D eigenvalue weighted by Gasteiger charge is 2.84. The van der Waals surface area contributed by atoms with Gasteiger partial charge in [-0.2, -0.15) is 35.1 Å². The fourth-order valence-corrected chi connectivity index (χ4v) is 8.43. The third-order valence-corrected chi connectivity index (χ3v) is 13.7. The Hall–Kier alpha value is -2.83. The van der Waals surface area contributed by atoms with Crippen LogP contribution in [0.4, 0.5) is 35.1 Å². The summed E-state index contributed by atoms with van der Waals surface area (Å²) >= 11 is 4.10. The van der Waals surface area contributed by atoms with Crippen LogP contribution in [0.15, 0.2) is 154 Å². The van der Waals surface area contributed by atoms with Crippen LogP contribution in [-0.2, 0) is 42.0 Å². The second kappa shape index (κ2) is 21.2. The molecule has 0 amide bonds. The smallest absolute Gasteiger partial charge is 0.402 e. The topological polar surface area (TPSA) is 114 Å². The summed E-state index contributed by atoms with van der Waals surface area (Å²) in [6.45, 7) is 13.4. The van der Waals surface area contributed by atoms with Gasteiger partial charge in [0.15, 0.2) is 42.1 Å². The molecule has 0 bridgehead atoms. The molecule has 61 heavy (non-hydrogen) atoms. The van der Waals surface area contributed by atoms with Gasteiger partial charge < -0.3 is 9.11 Å². The highest BCUT2D eigenvalue weighted by Crippen LogP contribution is 2.55. The summed E-state index contributed by atoms with van der Waals surface area (Å²) < 4.78 is 161. The van der Waals surface area contributed by atoms with Crippen LogP contribution in [-0.4, -0.2) is 48.3 Å². The molecule has 0 aliphatic rings. The van der Waals surface area contributed by atoms with Crippen LogP contribution < -0.4 is 45.2 Å². The van der Waals surface area contributed by atoms with E-state index in [0.29, 0.717) is 0 Å². The van der Waals surface area contributed by atoms with E-state index in [9.17, 15) is 61.1 Å². The Morgan fingerprint density at radius 2 is 0.623 bits per heavy atom. The highest BCUT2D eigenvalue weighted by molar-refractivity contribution is 7.97. The maximum atomic E-state index is 12.5. The molecule has 0 heterocycles. The molecule has 0 aliphatic carbocycles. The van der Waals surface area contributed by atoms with Gasteiger partial charge in [-0.15, -0.1) is 0 Å². The van der Waals surface area contributed by atoms with Gasteiger partial charge in [0.05, 0.1) is 10.9 Å². The molecule has 0 N–H and O–H groups in total. The summed E-state index contributed by atoms with van der Waals surface area (Å²) in [6, 6.07) is 49.7. The Morgan fingerprint density at radius 3 is 0.803 bits per heavy atom. The number of rotatable bonds is 8. The zero-order chi connectivity index (χ0) is 46.9. The minimum Gasteiger partial charge on any atom is -0.743 e. The summed E-state index contributed by atoms with van der Waals surface area (Å²) in [6.07, 6.45) is 0. The van der Waals surface area contributed by atoms with E-state index in [4.69, 9.17) is 0 Å². The Bertz CT molecular complexity index is 2140. The Labute approximate surface area is 381 Å². The van der Waals surface area contributed by atoms with E-state index in [1.807, 2.05) is 45.2 Å². The van der Waals surface area contributed by atoms with Crippen molar-refractivity contribution in [1.29, 1.82) is 0 Å². The van der Waals surface area contributed by atoms with Crippen LogP contribution in [0.25, 0.3) is 0 Å². The molecule has 0 saturated heterocycles. The zero-order valence-corrected chi connectivity index (χ0v) is 40.4. The molecule has 0 aromatic heterocycles. The lowest BCUT2D eigenvalue weighted by molar-refractivity contribution is -0.328. The van der Waals surface area contributed by atoms with Crippen molar-refractivity contribution >= 4 is 31.1 Å². The first-order chi connectivity index (χ1) is 27.7. The number of alkyl halides is 8. The average Bonchev–Trinajstić information content (AvgIpc) is 3.15. The summed E-state index contributed by atoms with van der Waals surface area (Å²) in [5, 5.41) is -14.6. The molecule has 5 aromatic rings. The van der Waals surface area contributed by atoms with Gasteiger partial charge in [-0.05, 0) is 82.6 Å². The maximum Gasteiger partial charge on any atom is 0.402 e. The van der Waals surface area contributed by atoms with Crippen LogP contribution in [0, 0.1) is 7.14 Å². The van der Waals surface area contributed by atoms with Gasteiger partial charge in [-0.3, -0.25) is 0 Å². The Kier molecular flexibility index (Phi) is 18.9. The zero-order valence-electron chi connectivity index (χ0n) is 33.3. The van der Waals surface area contributed by atoms with Crippen LogP contribution in [0.1, 0.15) is 52.7 Å². The third kappa shape index (κ3) is 14.3. The molecule has 0 atom stereocenters. The number of hydrogen-bond donors (Lipinski definition) is 0. The summed E-state index contributed by atoms with van der Waals surface area (Å²) in [7, 11) is -15.2. The molecular formula is C42H43F8I2O6S3+. The van der Waals surface area contributed by atoms with Gasteiger partial charge in [0, 0.05) is 0 Å². The number of hydrogen-bond acceptors (Lipinski definition) is 6. The second-order valence-corrected chi connectivity index (χ2v) is 22.4. The third-order valence-electron chi connectivity index (χ3n) is 8.13. The molecule has 0 aliphatic heterocycles. The van der Waals surface area contributed by atoms with Crippen molar-refractivity contribution in [3.8, 4) is 0 Å². The lowest BCUT2D eigenvalue weighted by atomic mass is 9.87. The molecule has 0 fully saturated rings. The maximum absolute atomic E-state index is 12.5. The SMILES string of the molecule is CC(C)(C)c1ccc([IH+])cc1.CC(C)(C)c1ccc([IH+])cc1.O=S(=O)([O-])C(F)(F)C(F)(F)C(F)(F)C(F)(F)S(=O)(=O)[O-].c1ccc([S+](c2ccccc2)c2ccccc2)cc1. The van der Waals surface area contributed by atoms with E-state index < -0.39 is 42.6 Å². The van der Waals surface area contributed by atoms with Crippen molar-refractivity contribution in [2.45, 2.75) is 89.4 Å². The van der Waals surface area contributed by atoms with Crippen LogP contribution in [0.2, 0.25) is 0 Å². The predicted molar refractivity (Wildman–Crippen MR) is 211 cm³/mol. The largest absolute Gasteiger partial charge is 0.743 e. The minimum atomic E-state index is -7.68. The van der Waals surface area contributed by atoms with E-state index in [1.165, 1.54) is 33.0 Å². The lowest BCUT2D eigenvalue weighted by Gasteiger charge is -2.37. The van der Waals surface area contributed by atoms with Gasteiger partial charge in [0.25, 0.3) is 45.2 Å². The van der Waals surface area contributed by atoms with Gasteiger partial charge in [-0.1, -0.05) is 120 Å². The lowest BCUT2D eigenvalue weighted by Crippen LogP contribution is -3.34. The second-order valence-electron chi connectivity index (χ2n) is 14.9. The van der Waals surface area contributed by atoms with E-state index >= 15 is 0 Å². The van der Waals surface area contributed by atoms with Crippen LogP contribution in [0.5, 0.6) is 0 Å². The monoisotopic (exact) mass is 1150 g/mol. The first-order valence-electron chi connectivity index (χ1n) is 17.6. The van der Waals surface area contributed by atoms with E-state index in [-0.39, 0.29) is 21.7 Å². The summed E-state index contributed by atoms with van der Waals surface area (Å²) in [5.41, 5.74) is 3.39. The predicted octanol–water partition coefficient (Wildman–Crippen LogP) is 4.19. The van der Waals surface area contributed by atoms with Crippen molar-refractivity contribution in [2.24, 2.45) is 0 Å². The molecule has 0 radical (unpaired) electrons. The molecule has 5 rings (SSSR count). The Balaban J connectivity index is 0.000000290. The van der Waals surface area contributed by atoms with E-state index in [2.05, 4.69) is 181 Å². The molecule has 19 heteroatoms. The molecule has 0 spiro atoms. The Morgan fingerprint density at radius 1 is 0.410 bits per heavy atom. The molecule has 6 nitrogen and oxygen atoms in total. The number of halogens is 10. The van der Waals surface area contributed by atoms with Gasteiger partial charge in [0.1, 0.15) is 0 Å². The summed E-state index contributed by atoms with van der Waals surface area (Å²) in [5.74, 6) is -15.4.